The number of amides is 1. The Balaban J connectivity index is 1.56. The lowest BCUT2D eigenvalue weighted by atomic mass is 10.1. The van der Waals surface area contributed by atoms with Gasteiger partial charge in [-0.15, -0.1) is 0 Å². The summed E-state index contributed by atoms with van der Waals surface area (Å²) in [5.74, 6) is -0.795. The van der Waals surface area contributed by atoms with Gasteiger partial charge in [-0.05, 0) is 54.3 Å². The van der Waals surface area contributed by atoms with E-state index in [0.717, 1.165) is 34.2 Å². The average Bonchev–Trinajstić information content (AvgIpc) is 3.30. The third kappa shape index (κ3) is 6.01. The van der Waals surface area contributed by atoms with E-state index in [2.05, 4.69) is 4.98 Å². The summed E-state index contributed by atoms with van der Waals surface area (Å²) < 4.78 is 41.1. The van der Waals surface area contributed by atoms with Crippen LogP contribution in [0, 0.1) is 5.82 Å². The monoisotopic (exact) mass is 507 g/mol. The molecule has 1 N–H and O–H groups in total. The highest BCUT2D eigenvalue weighted by molar-refractivity contribution is 7.89. The number of aromatic nitrogens is 1. The Hall–Kier alpha value is -3.49. The number of para-hydroxylation sites is 1. The van der Waals surface area contributed by atoms with Crippen LogP contribution in [0.1, 0.15) is 24.5 Å². The van der Waals surface area contributed by atoms with Crippen LogP contribution in [0.25, 0.3) is 10.9 Å². The lowest BCUT2D eigenvalue weighted by molar-refractivity contribution is -0.132. The summed E-state index contributed by atoms with van der Waals surface area (Å²) in [6.45, 7) is 2.57. The van der Waals surface area contributed by atoms with Crippen molar-refractivity contribution in [1.82, 2.24) is 14.2 Å². The van der Waals surface area contributed by atoms with Crippen LogP contribution in [0.4, 0.5) is 4.39 Å². The van der Waals surface area contributed by atoms with Crippen LogP contribution in [0.5, 0.6) is 0 Å². The highest BCUT2D eigenvalue weighted by atomic mass is 32.2. The van der Waals surface area contributed by atoms with Crippen molar-refractivity contribution >= 4 is 26.8 Å². The van der Waals surface area contributed by atoms with Crippen molar-refractivity contribution in [1.29, 1.82) is 0 Å². The molecule has 1 amide bonds. The zero-order valence-corrected chi connectivity index (χ0v) is 21.0. The molecule has 0 spiro atoms. The summed E-state index contributed by atoms with van der Waals surface area (Å²) in [6.07, 6.45) is 3.13. The van der Waals surface area contributed by atoms with E-state index in [-0.39, 0.29) is 23.9 Å². The standard InChI is InChI=1S/C28H30FN3O3S/c1-2-17-32(36(34,35)25-14-12-24(29)13-15-25)21-28(33)31(20-22-8-4-3-5-9-22)18-16-23-19-30-27-11-7-6-10-26(23)27/h3-15,19,30H,2,16-18,20-21H2,1H3. The van der Waals surface area contributed by atoms with E-state index >= 15 is 0 Å². The van der Waals surface area contributed by atoms with Gasteiger partial charge in [-0.3, -0.25) is 4.79 Å². The summed E-state index contributed by atoms with van der Waals surface area (Å²) in [4.78, 5) is 18.5. The maximum Gasteiger partial charge on any atom is 0.243 e. The van der Waals surface area contributed by atoms with Gasteiger partial charge in [0.1, 0.15) is 5.82 Å². The van der Waals surface area contributed by atoms with E-state index < -0.39 is 15.8 Å². The van der Waals surface area contributed by atoms with Crippen molar-refractivity contribution in [2.75, 3.05) is 19.6 Å². The van der Waals surface area contributed by atoms with E-state index in [1.807, 2.05) is 67.7 Å². The predicted molar refractivity (Wildman–Crippen MR) is 139 cm³/mol. The topological polar surface area (TPSA) is 73.5 Å². The number of sulfonamides is 1. The molecule has 0 atom stereocenters. The van der Waals surface area contributed by atoms with Gasteiger partial charge < -0.3 is 9.88 Å². The second-order valence-corrected chi connectivity index (χ2v) is 10.6. The second-order valence-electron chi connectivity index (χ2n) is 8.70. The summed E-state index contributed by atoms with van der Waals surface area (Å²) in [5.41, 5.74) is 3.10. The Labute approximate surface area is 211 Å². The number of aromatic amines is 1. The Kier molecular flexibility index (Phi) is 8.18. The van der Waals surface area contributed by atoms with Gasteiger partial charge in [-0.1, -0.05) is 55.5 Å². The molecule has 188 valence electrons. The fourth-order valence-corrected chi connectivity index (χ4v) is 5.71. The van der Waals surface area contributed by atoms with Gasteiger partial charge in [-0.25, -0.2) is 12.8 Å². The third-order valence-electron chi connectivity index (χ3n) is 6.13. The molecule has 4 aromatic rings. The molecule has 0 aliphatic rings. The summed E-state index contributed by atoms with van der Waals surface area (Å²) in [5, 5.41) is 1.11. The van der Waals surface area contributed by atoms with Gasteiger partial charge in [0.05, 0.1) is 11.4 Å². The highest BCUT2D eigenvalue weighted by Gasteiger charge is 2.28. The summed E-state index contributed by atoms with van der Waals surface area (Å²) in [7, 11) is -3.95. The van der Waals surface area contributed by atoms with Gasteiger partial charge in [0.2, 0.25) is 15.9 Å². The number of H-pyrrole nitrogens is 1. The largest absolute Gasteiger partial charge is 0.361 e. The van der Waals surface area contributed by atoms with Crippen molar-refractivity contribution in [3.63, 3.8) is 0 Å². The molecule has 0 radical (unpaired) electrons. The van der Waals surface area contributed by atoms with Crippen LogP contribution in [-0.2, 0) is 27.8 Å². The molecule has 4 rings (SSSR count). The number of rotatable bonds is 11. The molecule has 0 aliphatic carbocycles. The summed E-state index contributed by atoms with van der Waals surface area (Å²) in [6, 6.07) is 22.3. The number of carbonyl (C=O) groups excluding carboxylic acids is 1. The Bertz CT molecular complexity index is 1400. The lowest BCUT2D eigenvalue weighted by Crippen LogP contribution is -2.43. The minimum absolute atomic E-state index is 0.0291. The van der Waals surface area contributed by atoms with E-state index in [9.17, 15) is 17.6 Å². The molecule has 36 heavy (non-hydrogen) atoms. The maximum atomic E-state index is 13.5. The number of fused-ring (bicyclic) bond motifs is 1. The molecule has 0 fully saturated rings. The van der Waals surface area contributed by atoms with Crippen LogP contribution in [-0.4, -0.2) is 48.1 Å². The molecule has 1 aromatic heterocycles. The van der Waals surface area contributed by atoms with E-state index in [1.54, 1.807) is 4.90 Å². The van der Waals surface area contributed by atoms with Crippen LogP contribution >= 0.6 is 0 Å². The molecule has 0 aliphatic heterocycles. The van der Waals surface area contributed by atoms with Gasteiger partial charge in [0, 0.05) is 36.7 Å². The Morgan fingerprint density at radius 2 is 1.61 bits per heavy atom. The Morgan fingerprint density at radius 3 is 2.33 bits per heavy atom. The quantitative estimate of drug-likeness (QED) is 0.311. The van der Waals surface area contributed by atoms with Crippen LogP contribution in [0.3, 0.4) is 0 Å². The zero-order valence-electron chi connectivity index (χ0n) is 20.2. The first-order valence-electron chi connectivity index (χ1n) is 12.0. The highest BCUT2D eigenvalue weighted by Crippen LogP contribution is 2.20. The fourth-order valence-electron chi connectivity index (χ4n) is 4.23. The number of hydrogen-bond acceptors (Lipinski definition) is 3. The average molecular weight is 508 g/mol. The van der Waals surface area contributed by atoms with Gasteiger partial charge in [-0.2, -0.15) is 4.31 Å². The molecule has 0 unspecified atom stereocenters. The first-order valence-corrected chi connectivity index (χ1v) is 13.4. The zero-order chi connectivity index (χ0) is 25.5. The van der Waals surface area contributed by atoms with E-state index in [0.29, 0.717) is 25.9 Å². The fraction of sp³-hybridized carbons (Fsp3) is 0.250. The van der Waals surface area contributed by atoms with Crippen LogP contribution in [0.2, 0.25) is 0 Å². The van der Waals surface area contributed by atoms with Crippen molar-refractivity contribution in [3.05, 3.63) is 102 Å². The number of nitrogens with one attached hydrogen (secondary N) is 1. The van der Waals surface area contributed by atoms with Gasteiger partial charge in [0.25, 0.3) is 0 Å². The molecule has 3 aromatic carbocycles. The van der Waals surface area contributed by atoms with Gasteiger partial charge >= 0.3 is 0 Å². The summed E-state index contributed by atoms with van der Waals surface area (Å²) >= 11 is 0. The minimum atomic E-state index is -3.95. The molecule has 8 heteroatoms. The molecule has 0 saturated heterocycles. The number of nitrogens with zero attached hydrogens (tertiary/aromatic N) is 2. The van der Waals surface area contributed by atoms with Crippen molar-refractivity contribution in [2.24, 2.45) is 0 Å². The smallest absolute Gasteiger partial charge is 0.243 e. The van der Waals surface area contributed by atoms with Crippen molar-refractivity contribution < 1.29 is 17.6 Å². The Morgan fingerprint density at radius 1 is 0.917 bits per heavy atom. The maximum absolute atomic E-state index is 13.5. The minimum Gasteiger partial charge on any atom is -0.361 e. The van der Waals surface area contributed by atoms with E-state index in [1.165, 1.54) is 16.4 Å². The van der Waals surface area contributed by atoms with Crippen LogP contribution in [0.15, 0.2) is 90.0 Å². The number of carbonyl (C=O) groups is 1. The number of benzene rings is 3. The van der Waals surface area contributed by atoms with Crippen molar-refractivity contribution in [3.8, 4) is 0 Å². The molecule has 1 heterocycles. The molecule has 0 saturated carbocycles. The molecular weight excluding hydrogens is 477 g/mol. The lowest BCUT2D eigenvalue weighted by Gasteiger charge is -2.27. The van der Waals surface area contributed by atoms with E-state index in [4.69, 9.17) is 0 Å². The number of halogens is 1. The normalized spacial score (nSPS) is 11.8. The van der Waals surface area contributed by atoms with Crippen LogP contribution < -0.4 is 0 Å². The first kappa shape index (κ1) is 25.6. The molecular formula is C28H30FN3O3S. The van der Waals surface area contributed by atoms with Gasteiger partial charge in [0.15, 0.2) is 0 Å². The second kappa shape index (κ2) is 11.5. The third-order valence-corrected chi connectivity index (χ3v) is 7.99. The predicted octanol–water partition coefficient (Wildman–Crippen LogP) is 4.98. The SMILES string of the molecule is CCCN(CC(=O)N(CCc1c[nH]c2ccccc12)Cc1ccccc1)S(=O)(=O)c1ccc(F)cc1. The first-order chi connectivity index (χ1) is 17.4. The van der Waals surface area contributed by atoms with Crippen molar-refractivity contribution in [2.45, 2.75) is 31.2 Å². The molecule has 0 bridgehead atoms. The molecule has 6 nitrogen and oxygen atoms in total. The number of hydrogen-bond donors (Lipinski definition) is 1.